The van der Waals surface area contributed by atoms with E-state index < -0.39 is 0 Å². The molecule has 0 radical (unpaired) electrons. The Bertz CT molecular complexity index is 729. The normalized spacial score (nSPS) is 11.1. The summed E-state index contributed by atoms with van der Waals surface area (Å²) in [6.07, 6.45) is 6.24. The Kier molecular flexibility index (Phi) is 12.0. The average Bonchev–Trinajstić information content (AvgIpc) is 2.80. The van der Waals surface area contributed by atoms with Gasteiger partial charge in [-0.1, -0.05) is 44.9 Å². The molecule has 0 amide bonds. The van der Waals surface area contributed by atoms with Crippen molar-refractivity contribution in [3.8, 4) is 11.5 Å². The monoisotopic (exact) mass is 430 g/mol. The number of nitrogens with one attached hydrogen (secondary N) is 1. The maximum atomic E-state index is 13.0. The summed E-state index contributed by atoms with van der Waals surface area (Å²) in [5, 5.41) is 3.54. The molecular weight excluding hydrogens is 391 g/mol. The van der Waals surface area contributed by atoms with Crippen LogP contribution in [0.25, 0.3) is 0 Å². The van der Waals surface area contributed by atoms with E-state index in [4.69, 9.17) is 9.47 Å². The zero-order chi connectivity index (χ0) is 22.3. The highest BCUT2D eigenvalue weighted by Gasteiger charge is 2.07. The molecule has 0 aliphatic rings. The summed E-state index contributed by atoms with van der Waals surface area (Å²) in [4.78, 5) is 2.60. The Morgan fingerprint density at radius 3 is 2.13 bits per heavy atom. The lowest BCUT2D eigenvalue weighted by Gasteiger charge is -2.22. The first-order chi connectivity index (χ1) is 15.2. The molecule has 2 aromatic rings. The Morgan fingerprint density at radius 2 is 1.48 bits per heavy atom. The van der Waals surface area contributed by atoms with Crippen molar-refractivity contribution in [3.05, 3.63) is 59.4 Å². The van der Waals surface area contributed by atoms with Gasteiger partial charge in [0.2, 0.25) is 0 Å². The fourth-order valence-electron chi connectivity index (χ4n) is 3.44. The molecule has 2 rings (SSSR count). The average molecular weight is 431 g/mol. The fraction of sp³-hybridized carbons (Fsp3) is 0.538. The Morgan fingerprint density at radius 1 is 0.839 bits per heavy atom. The predicted octanol–water partition coefficient (Wildman–Crippen LogP) is 5.80. The summed E-state index contributed by atoms with van der Waals surface area (Å²) in [5.41, 5.74) is 2.08. The number of hydrogen-bond donors (Lipinski definition) is 1. The second-order valence-electron chi connectivity index (χ2n) is 7.98. The molecule has 0 aliphatic heterocycles. The lowest BCUT2D eigenvalue weighted by molar-refractivity contribution is 0.261. The van der Waals surface area contributed by atoms with E-state index in [-0.39, 0.29) is 5.82 Å². The van der Waals surface area contributed by atoms with Crippen LogP contribution < -0.4 is 14.8 Å². The van der Waals surface area contributed by atoms with E-state index in [1.807, 2.05) is 12.1 Å². The lowest BCUT2D eigenvalue weighted by atomic mass is 10.2. The molecule has 0 bridgehead atoms. The summed E-state index contributed by atoms with van der Waals surface area (Å²) in [6, 6.07) is 12.4. The minimum absolute atomic E-state index is 0.243. The van der Waals surface area contributed by atoms with Crippen LogP contribution in [0.2, 0.25) is 0 Å². The zero-order valence-corrected chi connectivity index (χ0v) is 19.5. The van der Waals surface area contributed by atoms with Crippen molar-refractivity contribution in [2.75, 3.05) is 33.3 Å². The molecule has 1 N–H and O–H groups in total. The van der Waals surface area contributed by atoms with Crippen LogP contribution in [0.5, 0.6) is 11.5 Å². The van der Waals surface area contributed by atoms with Crippen LogP contribution in [-0.4, -0.2) is 38.2 Å². The molecule has 5 heteroatoms. The van der Waals surface area contributed by atoms with Crippen LogP contribution in [0.15, 0.2) is 42.5 Å². The molecule has 0 heterocycles. The van der Waals surface area contributed by atoms with Gasteiger partial charge in [0.25, 0.3) is 0 Å². The second-order valence-corrected chi connectivity index (χ2v) is 7.98. The van der Waals surface area contributed by atoms with Crippen molar-refractivity contribution in [2.45, 2.75) is 59.1 Å². The van der Waals surface area contributed by atoms with E-state index in [0.717, 1.165) is 31.6 Å². The van der Waals surface area contributed by atoms with Crippen LogP contribution in [0.1, 0.15) is 57.1 Å². The smallest absolute Gasteiger partial charge is 0.161 e. The predicted molar refractivity (Wildman–Crippen MR) is 126 cm³/mol. The quantitative estimate of drug-likeness (QED) is 0.342. The van der Waals surface area contributed by atoms with Gasteiger partial charge >= 0.3 is 0 Å². The van der Waals surface area contributed by atoms with Crippen LogP contribution in [0.4, 0.5) is 4.39 Å². The maximum Gasteiger partial charge on any atom is 0.161 e. The molecule has 31 heavy (non-hydrogen) atoms. The van der Waals surface area contributed by atoms with E-state index in [1.54, 1.807) is 19.2 Å². The van der Waals surface area contributed by atoms with E-state index in [9.17, 15) is 4.39 Å². The number of unbranched alkanes of at least 4 members (excludes halogenated alkanes) is 2. The van der Waals surface area contributed by atoms with Crippen molar-refractivity contribution < 1.29 is 13.9 Å². The van der Waals surface area contributed by atoms with Crippen LogP contribution in [-0.2, 0) is 13.2 Å². The van der Waals surface area contributed by atoms with Gasteiger partial charge in [-0.15, -0.1) is 0 Å². The van der Waals surface area contributed by atoms with E-state index in [1.165, 1.54) is 56.5 Å². The number of nitrogens with zero attached hydrogens (tertiary/aromatic N) is 1. The van der Waals surface area contributed by atoms with E-state index in [2.05, 4.69) is 30.1 Å². The van der Waals surface area contributed by atoms with Gasteiger partial charge in [0.1, 0.15) is 12.4 Å². The summed E-state index contributed by atoms with van der Waals surface area (Å²) in [5.74, 6) is 1.16. The number of rotatable bonds is 16. The third-order valence-electron chi connectivity index (χ3n) is 5.35. The van der Waals surface area contributed by atoms with Crippen molar-refractivity contribution >= 4 is 0 Å². The molecule has 0 spiro atoms. The van der Waals surface area contributed by atoms with Crippen molar-refractivity contribution in [3.63, 3.8) is 0 Å². The molecule has 2 aromatic carbocycles. The van der Waals surface area contributed by atoms with Gasteiger partial charge in [0.05, 0.1) is 7.11 Å². The molecule has 4 nitrogen and oxygen atoms in total. The summed E-state index contributed by atoms with van der Waals surface area (Å²) >= 11 is 0. The molecule has 0 atom stereocenters. The first-order valence-electron chi connectivity index (χ1n) is 11.6. The molecule has 0 saturated heterocycles. The van der Waals surface area contributed by atoms with Crippen molar-refractivity contribution in [2.24, 2.45) is 0 Å². The number of benzene rings is 2. The highest BCUT2D eigenvalue weighted by atomic mass is 19.1. The fourth-order valence-corrected chi connectivity index (χ4v) is 3.44. The largest absolute Gasteiger partial charge is 0.493 e. The van der Waals surface area contributed by atoms with Gasteiger partial charge in [-0.25, -0.2) is 4.39 Å². The molecule has 0 aromatic heterocycles. The molecular formula is C26H39FN2O2. The number of hydrogen-bond acceptors (Lipinski definition) is 4. The third-order valence-corrected chi connectivity index (χ3v) is 5.35. The van der Waals surface area contributed by atoms with Gasteiger partial charge in [-0.2, -0.15) is 0 Å². The summed E-state index contributed by atoms with van der Waals surface area (Å²) < 4.78 is 24.4. The molecule has 0 aliphatic carbocycles. The first-order valence-corrected chi connectivity index (χ1v) is 11.6. The van der Waals surface area contributed by atoms with E-state index in [0.29, 0.717) is 18.1 Å². The summed E-state index contributed by atoms with van der Waals surface area (Å²) in [7, 11) is 1.65. The molecule has 0 saturated carbocycles. The topological polar surface area (TPSA) is 33.7 Å². The van der Waals surface area contributed by atoms with Crippen molar-refractivity contribution in [1.29, 1.82) is 0 Å². The minimum Gasteiger partial charge on any atom is -0.493 e. The van der Waals surface area contributed by atoms with E-state index >= 15 is 0 Å². The second kappa shape index (κ2) is 14.8. The van der Waals surface area contributed by atoms with Gasteiger partial charge in [0.15, 0.2) is 11.5 Å². The Balaban J connectivity index is 1.75. The molecule has 0 unspecified atom stereocenters. The first kappa shape index (κ1) is 25.2. The maximum absolute atomic E-state index is 13.0. The van der Waals surface area contributed by atoms with Gasteiger partial charge in [0, 0.05) is 6.54 Å². The van der Waals surface area contributed by atoms with Crippen LogP contribution in [0, 0.1) is 5.82 Å². The highest BCUT2D eigenvalue weighted by Crippen LogP contribution is 2.28. The minimum atomic E-state index is -0.243. The Labute approximate surface area is 187 Å². The van der Waals surface area contributed by atoms with Crippen molar-refractivity contribution in [1.82, 2.24) is 10.2 Å². The van der Waals surface area contributed by atoms with Crippen LogP contribution >= 0.6 is 0 Å². The highest BCUT2D eigenvalue weighted by molar-refractivity contribution is 5.43. The SMILES string of the molecule is CCCCN(CCCC)CCCNCc1ccc(OCc2ccc(F)cc2)c(OC)c1. The molecule has 0 fully saturated rings. The van der Waals surface area contributed by atoms with Gasteiger partial charge in [-0.3, -0.25) is 0 Å². The zero-order valence-electron chi connectivity index (χ0n) is 19.5. The lowest BCUT2D eigenvalue weighted by Crippen LogP contribution is -2.29. The number of methoxy groups -OCH3 is 1. The molecule has 172 valence electrons. The van der Waals surface area contributed by atoms with Crippen LogP contribution in [0.3, 0.4) is 0 Å². The summed E-state index contributed by atoms with van der Waals surface area (Å²) in [6.45, 7) is 10.3. The standard InChI is InChI=1S/C26H39FN2O2/c1-4-6-16-29(17-7-5-2)18-8-15-28-20-23-11-14-25(26(19-23)30-3)31-21-22-9-12-24(27)13-10-22/h9-14,19,28H,4-8,15-18,20-21H2,1-3H3. The Hall–Kier alpha value is -2.11. The number of ether oxygens (including phenoxy) is 2. The number of halogens is 1. The van der Waals surface area contributed by atoms with Gasteiger partial charge < -0.3 is 19.7 Å². The third kappa shape index (κ3) is 9.70. The van der Waals surface area contributed by atoms with Gasteiger partial charge in [-0.05, 0) is 80.8 Å².